The van der Waals surface area contributed by atoms with Crippen molar-refractivity contribution < 1.29 is 14.3 Å². The van der Waals surface area contributed by atoms with Gasteiger partial charge in [0.05, 0.1) is 16.6 Å². The molecule has 2 heterocycles. The average Bonchev–Trinajstić information content (AvgIpc) is 3.09. The fourth-order valence-electron chi connectivity index (χ4n) is 3.89. The van der Waals surface area contributed by atoms with Gasteiger partial charge in [0.1, 0.15) is 5.69 Å². The molecule has 0 aliphatic heterocycles. The van der Waals surface area contributed by atoms with Crippen molar-refractivity contribution in [1.82, 2.24) is 14.5 Å². The Hall–Kier alpha value is -3.74. The predicted octanol–water partition coefficient (Wildman–Crippen LogP) is 3.94. The molecule has 7 heteroatoms. The number of ketones is 1. The van der Waals surface area contributed by atoms with Crippen molar-refractivity contribution in [3.8, 4) is 0 Å². The second kappa shape index (κ2) is 7.83. The molecule has 0 saturated carbocycles. The summed E-state index contributed by atoms with van der Waals surface area (Å²) >= 11 is 0. The molecular weight excluding hydrogens is 394 g/mol. The van der Waals surface area contributed by atoms with Crippen molar-refractivity contribution in [3.05, 3.63) is 75.3 Å². The molecule has 0 amide bonds. The third-order valence-electron chi connectivity index (χ3n) is 5.45. The second-order valence-electron chi connectivity index (χ2n) is 7.53. The lowest BCUT2D eigenvalue weighted by Crippen LogP contribution is -2.25. The third-order valence-corrected chi connectivity index (χ3v) is 5.45. The summed E-state index contributed by atoms with van der Waals surface area (Å²) in [6.45, 7) is 7.41. The Morgan fingerprint density at radius 2 is 1.90 bits per heavy atom. The van der Waals surface area contributed by atoms with Crippen LogP contribution in [0.1, 0.15) is 46.0 Å². The minimum Gasteiger partial charge on any atom is -0.451 e. The van der Waals surface area contributed by atoms with E-state index in [4.69, 9.17) is 4.74 Å². The number of aromatic amines is 1. The zero-order chi connectivity index (χ0) is 22.3. The predicted molar refractivity (Wildman–Crippen MR) is 119 cm³/mol. The van der Waals surface area contributed by atoms with E-state index in [0.717, 1.165) is 16.6 Å². The van der Waals surface area contributed by atoms with E-state index in [1.54, 1.807) is 36.6 Å². The Kier molecular flexibility index (Phi) is 5.19. The summed E-state index contributed by atoms with van der Waals surface area (Å²) in [5, 5.41) is 0.802. The van der Waals surface area contributed by atoms with Crippen LogP contribution in [0.4, 0.5) is 0 Å². The van der Waals surface area contributed by atoms with Crippen molar-refractivity contribution in [2.75, 3.05) is 0 Å². The zero-order valence-electron chi connectivity index (χ0n) is 17.9. The molecule has 2 aromatic heterocycles. The second-order valence-corrected chi connectivity index (χ2v) is 7.53. The summed E-state index contributed by atoms with van der Waals surface area (Å²) < 4.78 is 7.10. The van der Waals surface area contributed by atoms with Gasteiger partial charge in [-0.05, 0) is 52.0 Å². The van der Waals surface area contributed by atoms with Gasteiger partial charge in [0.2, 0.25) is 5.78 Å². The molecule has 2 aromatic carbocycles. The van der Waals surface area contributed by atoms with Gasteiger partial charge in [-0.25, -0.2) is 9.78 Å². The number of aromatic nitrogens is 3. The number of carbonyl (C=O) groups is 2. The summed E-state index contributed by atoms with van der Waals surface area (Å²) in [4.78, 5) is 45.5. The molecule has 0 spiro atoms. The quantitative estimate of drug-likeness (QED) is 0.392. The third kappa shape index (κ3) is 3.52. The van der Waals surface area contributed by atoms with Crippen LogP contribution in [0.3, 0.4) is 0 Å². The Bertz CT molecular complexity index is 1400. The van der Waals surface area contributed by atoms with E-state index < -0.39 is 12.1 Å². The first-order chi connectivity index (χ1) is 14.8. The van der Waals surface area contributed by atoms with Gasteiger partial charge < -0.3 is 14.3 Å². The van der Waals surface area contributed by atoms with Crippen LogP contribution in [0.15, 0.2) is 47.3 Å². The number of nitrogens with zero attached hydrogens (tertiary/aromatic N) is 2. The summed E-state index contributed by atoms with van der Waals surface area (Å²) in [7, 11) is 0. The van der Waals surface area contributed by atoms with E-state index >= 15 is 0 Å². The Morgan fingerprint density at radius 3 is 2.65 bits per heavy atom. The molecule has 4 rings (SSSR count). The van der Waals surface area contributed by atoms with E-state index in [0.29, 0.717) is 28.8 Å². The highest BCUT2D eigenvalue weighted by molar-refractivity contribution is 6.11. The number of fused-ring (bicyclic) bond motifs is 2. The highest BCUT2D eigenvalue weighted by Crippen LogP contribution is 2.24. The van der Waals surface area contributed by atoms with E-state index in [9.17, 15) is 14.4 Å². The van der Waals surface area contributed by atoms with Crippen LogP contribution in [0, 0.1) is 13.8 Å². The van der Waals surface area contributed by atoms with Crippen LogP contribution in [0.2, 0.25) is 0 Å². The number of benzene rings is 2. The fraction of sp³-hybridized carbons (Fsp3) is 0.250. The van der Waals surface area contributed by atoms with E-state index in [-0.39, 0.29) is 16.9 Å². The van der Waals surface area contributed by atoms with E-state index in [1.165, 1.54) is 0 Å². The largest absolute Gasteiger partial charge is 0.451 e. The monoisotopic (exact) mass is 417 g/mol. The minimum atomic E-state index is -0.958. The molecule has 0 saturated heterocycles. The van der Waals surface area contributed by atoms with Crippen molar-refractivity contribution in [3.63, 3.8) is 0 Å². The first-order valence-electron chi connectivity index (χ1n) is 10.2. The number of ether oxygens (including phenoxy) is 1. The Morgan fingerprint density at radius 1 is 1.16 bits per heavy atom. The van der Waals surface area contributed by atoms with Gasteiger partial charge in [-0.3, -0.25) is 9.59 Å². The molecule has 1 atom stereocenters. The average molecular weight is 417 g/mol. The number of hydrogen-bond donors (Lipinski definition) is 1. The number of hydrogen-bond acceptors (Lipinski definition) is 5. The fourth-order valence-corrected chi connectivity index (χ4v) is 3.89. The van der Waals surface area contributed by atoms with Gasteiger partial charge in [-0.1, -0.05) is 18.2 Å². The number of nitrogens with one attached hydrogen (secondary N) is 1. The van der Waals surface area contributed by atoms with Crippen LogP contribution in [-0.2, 0) is 11.3 Å². The van der Waals surface area contributed by atoms with Crippen molar-refractivity contribution in [1.29, 1.82) is 0 Å². The molecule has 158 valence electrons. The Balaban J connectivity index is 1.62. The maximum absolute atomic E-state index is 13.0. The summed E-state index contributed by atoms with van der Waals surface area (Å²) in [6, 6.07) is 12.4. The molecular formula is C24H23N3O4. The minimum absolute atomic E-state index is 0.154. The highest BCUT2D eigenvalue weighted by atomic mass is 16.5. The van der Waals surface area contributed by atoms with Gasteiger partial charge in [0.25, 0.3) is 5.56 Å². The van der Waals surface area contributed by atoms with Gasteiger partial charge in [0, 0.05) is 28.7 Å². The molecule has 1 N–H and O–H groups in total. The molecule has 0 unspecified atom stereocenters. The van der Waals surface area contributed by atoms with Gasteiger partial charge in [0.15, 0.2) is 6.10 Å². The van der Waals surface area contributed by atoms with Crippen LogP contribution in [0.5, 0.6) is 0 Å². The number of Topliss-reactive ketones (excluding diaryl/α,β-unsaturated/α-hetero) is 1. The number of esters is 1. The van der Waals surface area contributed by atoms with Crippen molar-refractivity contribution in [2.24, 2.45) is 0 Å². The lowest BCUT2D eigenvalue weighted by molar-refractivity contribution is 0.0319. The maximum atomic E-state index is 13.0. The van der Waals surface area contributed by atoms with Crippen LogP contribution >= 0.6 is 0 Å². The molecule has 31 heavy (non-hydrogen) atoms. The van der Waals surface area contributed by atoms with Crippen molar-refractivity contribution >= 4 is 33.7 Å². The summed E-state index contributed by atoms with van der Waals surface area (Å²) in [5.74, 6) is -0.883. The topological polar surface area (TPSA) is 94.0 Å². The van der Waals surface area contributed by atoms with Gasteiger partial charge in [-0.2, -0.15) is 0 Å². The molecule has 0 radical (unpaired) electrons. The standard InChI is InChI=1S/C24H23N3O4/c1-5-27-20-11-10-16(12-19(20)26-14(3)23(27)29)24(30)31-15(4)22(28)21-13(2)25-18-9-7-6-8-17(18)21/h6-12,15,25H,5H2,1-4H3/t15-/m1/s1. The number of H-pyrrole nitrogens is 1. The Labute approximate surface area is 178 Å². The number of carbonyl (C=O) groups excluding carboxylic acids is 2. The zero-order valence-corrected chi connectivity index (χ0v) is 17.9. The molecule has 0 bridgehead atoms. The van der Waals surface area contributed by atoms with E-state index in [1.807, 2.05) is 38.1 Å². The lowest BCUT2D eigenvalue weighted by atomic mass is 10.0. The van der Waals surface area contributed by atoms with E-state index in [2.05, 4.69) is 9.97 Å². The molecule has 0 aliphatic rings. The van der Waals surface area contributed by atoms with Crippen LogP contribution < -0.4 is 5.56 Å². The number of para-hydroxylation sites is 1. The molecule has 4 aromatic rings. The van der Waals surface area contributed by atoms with Crippen LogP contribution in [0.25, 0.3) is 21.9 Å². The number of rotatable bonds is 5. The normalized spacial score (nSPS) is 12.3. The SMILES string of the molecule is CCn1c(=O)c(C)nc2cc(C(=O)O[C@H](C)C(=O)c3c(C)[nH]c4ccccc34)ccc21. The molecule has 0 fully saturated rings. The lowest BCUT2D eigenvalue weighted by Gasteiger charge is -2.14. The number of aryl methyl sites for hydroxylation is 3. The highest BCUT2D eigenvalue weighted by Gasteiger charge is 2.25. The molecule has 0 aliphatic carbocycles. The first kappa shape index (κ1) is 20.5. The molecule has 7 nitrogen and oxygen atoms in total. The van der Waals surface area contributed by atoms with Crippen LogP contribution in [-0.4, -0.2) is 32.4 Å². The first-order valence-corrected chi connectivity index (χ1v) is 10.2. The smallest absolute Gasteiger partial charge is 0.338 e. The van der Waals surface area contributed by atoms with Gasteiger partial charge >= 0.3 is 5.97 Å². The van der Waals surface area contributed by atoms with Gasteiger partial charge in [-0.15, -0.1) is 0 Å². The van der Waals surface area contributed by atoms with Crippen molar-refractivity contribution in [2.45, 2.75) is 40.3 Å². The maximum Gasteiger partial charge on any atom is 0.338 e. The summed E-state index contributed by atoms with van der Waals surface area (Å²) in [5.41, 5.74) is 3.77. The summed E-state index contributed by atoms with van der Waals surface area (Å²) in [6.07, 6.45) is -0.958.